The molecule has 1 atom stereocenters. The van der Waals surface area contributed by atoms with E-state index in [1.54, 1.807) is 6.20 Å². The molecule has 0 saturated carbocycles. The molecule has 0 unspecified atom stereocenters. The molecule has 1 rings (SSSR count). The lowest BCUT2D eigenvalue weighted by Crippen LogP contribution is -2.41. The van der Waals surface area contributed by atoms with Gasteiger partial charge < -0.3 is 11.1 Å². The standard InChI is InChI=1S/C14H23N3O/c1-4-11-6-5-7-16-13(11)9-17-14(18)12(15)8-10(2)3/h5-7,10,12H,4,8-9,15H2,1-3H3,(H,17,18)/t12-/m0/s1. The third-order valence-corrected chi connectivity index (χ3v) is 2.86. The molecule has 0 saturated heterocycles. The predicted octanol–water partition coefficient (Wildman–Crippen LogP) is 1.63. The number of amides is 1. The summed E-state index contributed by atoms with van der Waals surface area (Å²) in [6, 6.07) is 3.51. The van der Waals surface area contributed by atoms with Crippen molar-refractivity contribution in [3.05, 3.63) is 29.6 Å². The van der Waals surface area contributed by atoms with Crippen LogP contribution in [-0.2, 0) is 17.8 Å². The minimum Gasteiger partial charge on any atom is -0.349 e. The Labute approximate surface area is 109 Å². The van der Waals surface area contributed by atoms with Crippen molar-refractivity contribution in [1.29, 1.82) is 0 Å². The molecule has 0 spiro atoms. The lowest BCUT2D eigenvalue weighted by Gasteiger charge is -2.14. The number of carbonyl (C=O) groups excluding carboxylic acids is 1. The Bertz CT molecular complexity index is 390. The van der Waals surface area contributed by atoms with Gasteiger partial charge in [-0.2, -0.15) is 0 Å². The van der Waals surface area contributed by atoms with Crippen LogP contribution in [-0.4, -0.2) is 16.9 Å². The third kappa shape index (κ3) is 4.45. The first-order valence-corrected chi connectivity index (χ1v) is 6.50. The molecular formula is C14H23N3O. The fourth-order valence-electron chi connectivity index (χ4n) is 1.87. The molecule has 0 aliphatic heterocycles. The van der Waals surface area contributed by atoms with Gasteiger partial charge in [0.2, 0.25) is 5.91 Å². The van der Waals surface area contributed by atoms with Crippen molar-refractivity contribution in [2.75, 3.05) is 0 Å². The fourth-order valence-corrected chi connectivity index (χ4v) is 1.87. The van der Waals surface area contributed by atoms with E-state index in [1.165, 1.54) is 0 Å². The minimum atomic E-state index is -0.432. The van der Waals surface area contributed by atoms with Crippen LogP contribution in [0.25, 0.3) is 0 Å². The largest absolute Gasteiger partial charge is 0.349 e. The van der Waals surface area contributed by atoms with E-state index in [0.29, 0.717) is 18.9 Å². The molecule has 1 amide bonds. The van der Waals surface area contributed by atoms with Crippen LogP contribution in [0.15, 0.2) is 18.3 Å². The first-order valence-electron chi connectivity index (χ1n) is 6.50. The van der Waals surface area contributed by atoms with E-state index in [1.807, 2.05) is 12.1 Å². The van der Waals surface area contributed by atoms with Gasteiger partial charge in [-0.05, 0) is 30.4 Å². The van der Waals surface area contributed by atoms with E-state index in [-0.39, 0.29) is 5.91 Å². The number of rotatable bonds is 6. The van der Waals surface area contributed by atoms with Crippen LogP contribution < -0.4 is 11.1 Å². The highest BCUT2D eigenvalue weighted by atomic mass is 16.2. The smallest absolute Gasteiger partial charge is 0.237 e. The summed E-state index contributed by atoms with van der Waals surface area (Å²) in [5.74, 6) is 0.322. The molecule has 1 aromatic heterocycles. The molecule has 0 radical (unpaired) electrons. The number of hydrogen-bond donors (Lipinski definition) is 2. The molecule has 0 aliphatic carbocycles. The Hall–Kier alpha value is -1.42. The topological polar surface area (TPSA) is 68.0 Å². The number of pyridine rings is 1. The summed E-state index contributed by atoms with van der Waals surface area (Å²) in [6.07, 6.45) is 3.36. The molecule has 1 aromatic rings. The summed E-state index contributed by atoms with van der Waals surface area (Å²) >= 11 is 0. The van der Waals surface area contributed by atoms with Gasteiger partial charge in [0.25, 0.3) is 0 Å². The van der Waals surface area contributed by atoms with Crippen LogP contribution in [0.5, 0.6) is 0 Å². The van der Waals surface area contributed by atoms with Gasteiger partial charge in [0.05, 0.1) is 18.3 Å². The fraction of sp³-hybridized carbons (Fsp3) is 0.571. The van der Waals surface area contributed by atoms with E-state index in [9.17, 15) is 4.79 Å². The number of aromatic nitrogens is 1. The summed E-state index contributed by atoms with van der Waals surface area (Å²) in [4.78, 5) is 16.1. The maximum Gasteiger partial charge on any atom is 0.237 e. The van der Waals surface area contributed by atoms with Gasteiger partial charge in [-0.25, -0.2) is 0 Å². The van der Waals surface area contributed by atoms with Gasteiger partial charge in [-0.1, -0.05) is 26.8 Å². The van der Waals surface area contributed by atoms with Gasteiger partial charge in [0.1, 0.15) is 0 Å². The second-order valence-corrected chi connectivity index (χ2v) is 4.92. The van der Waals surface area contributed by atoms with Crippen LogP contribution in [0.3, 0.4) is 0 Å². The highest BCUT2D eigenvalue weighted by Crippen LogP contribution is 2.06. The highest BCUT2D eigenvalue weighted by molar-refractivity contribution is 5.81. The van der Waals surface area contributed by atoms with E-state index in [4.69, 9.17) is 5.73 Å². The monoisotopic (exact) mass is 249 g/mol. The van der Waals surface area contributed by atoms with Crippen LogP contribution in [0.1, 0.15) is 38.4 Å². The van der Waals surface area contributed by atoms with Gasteiger partial charge in [0.15, 0.2) is 0 Å². The minimum absolute atomic E-state index is 0.101. The van der Waals surface area contributed by atoms with Gasteiger partial charge >= 0.3 is 0 Å². The number of aryl methyl sites for hydroxylation is 1. The maximum atomic E-state index is 11.8. The van der Waals surface area contributed by atoms with Crippen LogP contribution in [0, 0.1) is 5.92 Å². The molecule has 100 valence electrons. The SMILES string of the molecule is CCc1cccnc1CNC(=O)[C@@H](N)CC(C)C. The molecule has 0 aromatic carbocycles. The molecule has 0 bridgehead atoms. The zero-order chi connectivity index (χ0) is 13.5. The highest BCUT2D eigenvalue weighted by Gasteiger charge is 2.14. The summed E-state index contributed by atoms with van der Waals surface area (Å²) < 4.78 is 0. The second-order valence-electron chi connectivity index (χ2n) is 4.92. The molecule has 3 N–H and O–H groups in total. The zero-order valence-electron chi connectivity index (χ0n) is 11.4. The van der Waals surface area contributed by atoms with E-state index in [2.05, 4.69) is 31.1 Å². The first-order chi connectivity index (χ1) is 8.54. The summed E-state index contributed by atoms with van der Waals surface area (Å²) in [5, 5.41) is 2.85. The van der Waals surface area contributed by atoms with E-state index < -0.39 is 6.04 Å². The summed E-state index contributed by atoms with van der Waals surface area (Å²) in [5.41, 5.74) is 7.90. The van der Waals surface area contributed by atoms with Crippen molar-refractivity contribution in [3.8, 4) is 0 Å². The van der Waals surface area contributed by atoms with Crippen molar-refractivity contribution in [2.24, 2.45) is 11.7 Å². The Morgan fingerprint density at radius 2 is 2.22 bits per heavy atom. The number of hydrogen-bond acceptors (Lipinski definition) is 3. The summed E-state index contributed by atoms with van der Waals surface area (Å²) in [7, 11) is 0. The van der Waals surface area contributed by atoms with Crippen molar-refractivity contribution >= 4 is 5.91 Å². The first kappa shape index (κ1) is 14.6. The third-order valence-electron chi connectivity index (χ3n) is 2.86. The average Bonchev–Trinajstić information content (AvgIpc) is 2.35. The second kappa shape index (κ2) is 7.11. The van der Waals surface area contributed by atoms with Crippen molar-refractivity contribution in [3.63, 3.8) is 0 Å². The predicted molar refractivity (Wildman–Crippen MR) is 72.9 cm³/mol. The molecule has 4 nitrogen and oxygen atoms in total. The van der Waals surface area contributed by atoms with Crippen molar-refractivity contribution in [2.45, 2.75) is 46.2 Å². The molecular weight excluding hydrogens is 226 g/mol. The molecule has 4 heteroatoms. The van der Waals surface area contributed by atoms with E-state index >= 15 is 0 Å². The summed E-state index contributed by atoms with van der Waals surface area (Å²) in [6.45, 7) is 6.64. The Morgan fingerprint density at radius 3 is 2.83 bits per heavy atom. The Morgan fingerprint density at radius 1 is 1.50 bits per heavy atom. The lowest BCUT2D eigenvalue weighted by molar-refractivity contribution is -0.122. The van der Waals surface area contributed by atoms with Gasteiger partial charge in [0, 0.05) is 6.20 Å². The number of nitrogens with one attached hydrogen (secondary N) is 1. The zero-order valence-corrected chi connectivity index (χ0v) is 11.4. The van der Waals surface area contributed by atoms with Crippen molar-refractivity contribution < 1.29 is 4.79 Å². The number of carbonyl (C=O) groups is 1. The van der Waals surface area contributed by atoms with Crippen LogP contribution in [0.4, 0.5) is 0 Å². The maximum absolute atomic E-state index is 11.8. The number of nitrogens with two attached hydrogens (primary N) is 1. The van der Waals surface area contributed by atoms with Gasteiger partial charge in [-0.15, -0.1) is 0 Å². The lowest BCUT2D eigenvalue weighted by atomic mass is 10.0. The van der Waals surface area contributed by atoms with Crippen LogP contribution >= 0.6 is 0 Å². The Kier molecular flexibility index (Phi) is 5.78. The molecule has 18 heavy (non-hydrogen) atoms. The normalized spacial score (nSPS) is 12.5. The molecule has 1 heterocycles. The molecule has 0 fully saturated rings. The van der Waals surface area contributed by atoms with Gasteiger partial charge in [-0.3, -0.25) is 9.78 Å². The number of nitrogens with zero attached hydrogens (tertiary/aromatic N) is 1. The van der Waals surface area contributed by atoms with E-state index in [0.717, 1.165) is 17.7 Å². The average molecular weight is 249 g/mol. The molecule has 0 aliphatic rings. The Balaban J connectivity index is 2.52. The van der Waals surface area contributed by atoms with Crippen molar-refractivity contribution in [1.82, 2.24) is 10.3 Å². The van der Waals surface area contributed by atoms with Crippen LogP contribution in [0.2, 0.25) is 0 Å². The quantitative estimate of drug-likeness (QED) is 0.805.